The zero-order valence-corrected chi connectivity index (χ0v) is 23.3. The topological polar surface area (TPSA) is 79.9 Å². The van der Waals surface area contributed by atoms with Crippen LogP contribution in [-0.2, 0) is 9.47 Å². The molecule has 196 valence electrons. The molecule has 0 aliphatic heterocycles. The number of likely N-dealkylation sites (N-methyl/N-ethyl adjacent to an activating group) is 1. The van der Waals surface area contributed by atoms with Crippen molar-refractivity contribution in [1.82, 2.24) is 4.90 Å². The third-order valence-electron chi connectivity index (χ3n) is 5.77. The SMILES string of the molecule is CCOC(=O)c1c(NC(=S)Nc2ccc(C(=O)OCCN(CC)CC)cc2)sc(C)c1-c1ccccc1. The number of esters is 2. The molecule has 9 heteroatoms. The molecule has 1 aromatic heterocycles. The van der Waals surface area contributed by atoms with E-state index in [0.29, 0.717) is 40.1 Å². The monoisotopic (exact) mass is 539 g/mol. The molecule has 0 radical (unpaired) electrons. The largest absolute Gasteiger partial charge is 0.462 e. The van der Waals surface area contributed by atoms with Crippen LogP contribution in [0.2, 0.25) is 0 Å². The van der Waals surface area contributed by atoms with Crippen LogP contribution < -0.4 is 10.6 Å². The number of hydrogen-bond donors (Lipinski definition) is 2. The lowest BCUT2D eigenvalue weighted by molar-refractivity contribution is 0.0465. The number of hydrogen-bond acceptors (Lipinski definition) is 7. The average Bonchev–Trinajstić information content (AvgIpc) is 3.22. The quantitative estimate of drug-likeness (QED) is 0.220. The van der Waals surface area contributed by atoms with Crippen LogP contribution in [-0.4, -0.2) is 54.8 Å². The number of benzene rings is 2. The number of aryl methyl sites for hydroxylation is 1. The van der Waals surface area contributed by atoms with Crippen molar-refractivity contribution < 1.29 is 19.1 Å². The van der Waals surface area contributed by atoms with Gasteiger partial charge in [-0.3, -0.25) is 0 Å². The van der Waals surface area contributed by atoms with Crippen LogP contribution in [0.3, 0.4) is 0 Å². The Morgan fingerprint density at radius 3 is 2.22 bits per heavy atom. The molecule has 0 spiro atoms. The van der Waals surface area contributed by atoms with Crippen molar-refractivity contribution in [3.63, 3.8) is 0 Å². The highest BCUT2D eigenvalue weighted by atomic mass is 32.1. The second-order valence-corrected chi connectivity index (χ2v) is 9.78. The van der Waals surface area contributed by atoms with E-state index in [9.17, 15) is 9.59 Å². The summed E-state index contributed by atoms with van der Waals surface area (Å²) in [7, 11) is 0. The summed E-state index contributed by atoms with van der Waals surface area (Å²) in [6, 6.07) is 16.6. The number of nitrogens with one attached hydrogen (secondary N) is 2. The predicted octanol–water partition coefficient (Wildman–Crippen LogP) is 6.21. The number of carbonyl (C=O) groups excluding carboxylic acids is 2. The fourth-order valence-corrected chi connectivity index (χ4v) is 5.18. The Morgan fingerprint density at radius 1 is 0.919 bits per heavy atom. The van der Waals surface area contributed by atoms with Crippen LogP contribution in [0.1, 0.15) is 46.4 Å². The minimum atomic E-state index is -0.403. The first kappa shape index (κ1) is 28.3. The number of nitrogens with zero attached hydrogens (tertiary/aromatic N) is 1. The molecule has 0 fully saturated rings. The molecule has 1 heterocycles. The summed E-state index contributed by atoms with van der Waals surface area (Å²) in [6.07, 6.45) is 0. The van der Waals surface area contributed by atoms with Crippen molar-refractivity contribution in [2.24, 2.45) is 0 Å². The average molecular weight is 540 g/mol. The van der Waals surface area contributed by atoms with Gasteiger partial charge in [-0.1, -0.05) is 44.2 Å². The Labute approximate surface area is 227 Å². The zero-order valence-electron chi connectivity index (χ0n) is 21.6. The van der Waals surface area contributed by atoms with E-state index in [4.69, 9.17) is 21.7 Å². The smallest absolute Gasteiger partial charge is 0.341 e. The molecule has 0 unspecified atom stereocenters. The Morgan fingerprint density at radius 2 is 1.59 bits per heavy atom. The standard InChI is InChI=1S/C28H33N3O4S2/c1-5-31(6-2)17-18-35-26(32)21-13-15-22(16-14-21)29-28(36)30-25-24(27(33)34-7-3)23(19(4)37-25)20-11-9-8-10-12-20/h8-16H,5-7,17-18H2,1-4H3,(H2,29,30,36). The molecule has 0 saturated heterocycles. The second kappa shape index (κ2) is 13.9. The van der Waals surface area contributed by atoms with Crippen molar-refractivity contribution in [1.29, 1.82) is 0 Å². The maximum atomic E-state index is 12.9. The highest BCUT2D eigenvalue weighted by molar-refractivity contribution is 7.80. The molecule has 3 rings (SSSR count). The minimum Gasteiger partial charge on any atom is -0.462 e. The van der Waals surface area contributed by atoms with Gasteiger partial charge in [-0.15, -0.1) is 11.3 Å². The normalized spacial score (nSPS) is 10.7. The van der Waals surface area contributed by atoms with Crippen LogP contribution in [0.5, 0.6) is 0 Å². The van der Waals surface area contributed by atoms with Gasteiger partial charge in [-0.25, -0.2) is 9.59 Å². The number of thiophene rings is 1. The van der Waals surface area contributed by atoms with Gasteiger partial charge in [0.2, 0.25) is 0 Å². The van der Waals surface area contributed by atoms with Crippen LogP contribution in [0.15, 0.2) is 54.6 Å². The summed E-state index contributed by atoms with van der Waals surface area (Å²) in [4.78, 5) is 28.4. The number of rotatable bonds is 11. The van der Waals surface area contributed by atoms with Crippen molar-refractivity contribution in [2.75, 3.05) is 43.5 Å². The minimum absolute atomic E-state index is 0.272. The van der Waals surface area contributed by atoms with Gasteiger partial charge >= 0.3 is 11.9 Å². The lowest BCUT2D eigenvalue weighted by Crippen LogP contribution is -2.27. The van der Waals surface area contributed by atoms with Gasteiger partial charge in [-0.05, 0) is 69.0 Å². The Balaban J connectivity index is 1.68. The van der Waals surface area contributed by atoms with Gasteiger partial charge < -0.3 is 25.0 Å². The fourth-order valence-electron chi connectivity index (χ4n) is 3.83. The van der Waals surface area contributed by atoms with E-state index in [2.05, 4.69) is 29.4 Å². The molecule has 37 heavy (non-hydrogen) atoms. The Bertz CT molecular complexity index is 1210. The summed E-state index contributed by atoms with van der Waals surface area (Å²) in [6.45, 7) is 11.1. The third-order valence-corrected chi connectivity index (χ3v) is 6.99. The van der Waals surface area contributed by atoms with Gasteiger partial charge in [-0.2, -0.15) is 0 Å². The fraction of sp³-hybridized carbons (Fsp3) is 0.321. The lowest BCUT2D eigenvalue weighted by atomic mass is 10.0. The number of anilines is 2. The van der Waals surface area contributed by atoms with Crippen LogP contribution in [0.4, 0.5) is 10.7 Å². The summed E-state index contributed by atoms with van der Waals surface area (Å²) < 4.78 is 10.7. The van der Waals surface area contributed by atoms with Crippen molar-refractivity contribution in [3.8, 4) is 11.1 Å². The molecule has 0 saturated carbocycles. The van der Waals surface area contributed by atoms with Gasteiger partial charge in [0, 0.05) is 22.7 Å². The first-order chi connectivity index (χ1) is 17.9. The second-order valence-electron chi connectivity index (χ2n) is 8.14. The molecule has 2 N–H and O–H groups in total. The van der Waals surface area contributed by atoms with E-state index < -0.39 is 5.97 Å². The van der Waals surface area contributed by atoms with Gasteiger partial charge in [0.15, 0.2) is 5.11 Å². The van der Waals surface area contributed by atoms with E-state index in [0.717, 1.165) is 29.1 Å². The van der Waals surface area contributed by atoms with Gasteiger partial charge in [0.25, 0.3) is 0 Å². The van der Waals surface area contributed by atoms with Gasteiger partial charge in [0.05, 0.1) is 12.2 Å². The third kappa shape index (κ3) is 7.61. The number of carbonyl (C=O) groups is 2. The lowest BCUT2D eigenvalue weighted by Gasteiger charge is -2.17. The predicted molar refractivity (Wildman–Crippen MR) is 155 cm³/mol. The summed E-state index contributed by atoms with van der Waals surface area (Å²) in [5.41, 5.74) is 3.40. The molecule has 0 amide bonds. The van der Waals surface area contributed by atoms with E-state index >= 15 is 0 Å². The van der Waals surface area contributed by atoms with Crippen molar-refractivity contribution in [2.45, 2.75) is 27.7 Å². The Hall–Kier alpha value is -3.27. The van der Waals surface area contributed by atoms with Crippen LogP contribution >= 0.6 is 23.6 Å². The van der Waals surface area contributed by atoms with Crippen molar-refractivity contribution in [3.05, 3.63) is 70.6 Å². The zero-order chi connectivity index (χ0) is 26.8. The highest BCUT2D eigenvalue weighted by Gasteiger charge is 2.25. The molecule has 0 atom stereocenters. The molecule has 0 aliphatic carbocycles. The molecule has 0 bridgehead atoms. The summed E-state index contributed by atoms with van der Waals surface area (Å²) in [5.74, 6) is -0.763. The number of ether oxygens (including phenoxy) is 2. The maximum Gasteiger partial charge on any atom is 0.341 e. The molecule has 0 aliphatic rings. The molecular formula is C28H33N3O4S2. The molecule has 7 nitrogen and oxygen atoms in total. The summed E-state index contributed by atoms with van der Waals surface area (Å²) in [5, 5.41) is 7.20. The first-order valence-corrected chi connectivity index (χ1v) is 13.5. The van der Waals surface area contributed by atoms with Crippen LogP contribution in [0.25, 0.3) is 11.1 Å². The van der Waals surface area contributed by atoms with Crippen LogP contribution in [0, 0.1) is 6.92 Å². The maximum absolute atomic E-state index is 12.9. The van der Waals surface area contributed by atoms with Crippen molar-refractivity contribution >= 4 is 51.3 Å². The van der Waals surface area contributed by atoms with Gasteiger partial charge in [0.1, 0.15) is 17.2 Å². The molecule has 2 aromatic carbocycles. The summed E-state index contributed by atoms with van der Waals surface area (Å²) >= 11 is 6.97. The van der Waals surface area contributed by atoms with E-state index in [1.54, 1.807) is 31.2 Å². The van der Waals surface area contributed by atoms with E-state index in [1.165, 1.54) is 11.3 Å². The Kier molecular flexibility index (Phi) is 10.6. The molecular weight excluding hydrogens is 506 g/mol. The highest BCUT2D eigenvalue weighted by Crippen LogP contribution is 2.40. The molecule has 3 aromatic rings. The van der Waals surface area contributed by atoms with E-state index in [-0.39, 0.29) is 12.6 Å². The first-order valence-electron chi connectivity index (χ1n) is 12.3. The number of thiocarbonyl (C=S) groups is 1. The van der Waals surface area contributed by atoms with E-state index in [1.807, 2.05) is 37.3 Å².